The summed E-state index contributed by atoms with van der Waals surface area (Å²) >= 11 is 0. The molecule has 0 saturated heterocycles. The molecule has 1 aromatic heterocycles. The maximum absolute atomic E-state index is 12.4. The Hall–Kier alpha value is -1.79. The Kier molecular flexibility index (Phi) is 3.59. The van der Waals surface area contributed by atoms with Crippen molar-refractivity contribution < 1.29 is 23.1 Å². The normalized spacial score (nSPS) is 13.2. The van der Waals surface area contributed by atoms with Crippen molar-refractivity contribution in [3.05, 3.63) is 24.0 Å². The van der Waals surface area contributed by atoms with Gasteiger partial charge in [0, 0.05) is 18.9 Å². The van der Waals surface area contributed by atoms with E-state index in [9.17, 15) is 18.0 Å². The summed E-state index contributed by atoms with van der Waals surface area (Å²) in [5.41, 5.74) is -0.887. The summed E-state index contributed by atoms with van der Waals surface area (Å²) in [6.45, 7) is 1.38. The molecule has 1 atom stereocenters. The predicted molar refractivity (Wildman–Crippen MR) is 54.7 cm³/mol. The third-order valence-corrected chi connectivity index (χ3v) is 2.38. The first-order valence-electron chi connectivity index (χ1n) is 4.72. The van der Waals surface area contributed by atoms with Gasteiger partial charge in [0.15, 0.2) is 0 Å². The van der Waals surface area contributed by atoms with Crippen LogP contribution in [0.25, 0.3) is 0 Å². The van der Waals surface area contributed by atoms with Crippen molar-refractivity contribution >= 4 is 11.7 Å². The molecule has 1 heterocycles. The lowest BCUT2D eigenvalue weighted by atomic mass is 10.2. The lowest BCUT2D eigenvalue weighted by Crippen LogP contribution is -2.35. The van der Waals surface area contributed by atoms with Gasteiger partial charge >= 0.3 is 12.1 Å². The van der Waals surface area contributed by atoms with Crippen LogP contribution in [0, 0.1) is 0 Å². The van der Waals surface area contributed by atoms with Crippen LogP contribution in [0.5, 0.6) is 0 Å². The van der Waals surface area contributed by atoms with Crippen LogP contribution >= 0.6 is 0 Å². The van der Waals surface area contributed by atoms with Crippen molar-refractivity contribution in [3.8, 4) is 0 Å². The Morgan fingerprint density at radius 1 is 1.53 bits per heavy atom. The number of carbonyl (C=O) groups is 1. The summed E-state index contributed by atoms with van der Waals surface area (Å²) in [7, 11) is 1.41. The number of aromatic nitrogens is 1. The van der Waals surface area contributed by atoms with Crippen molar-refractivity contribution in [1.29, 1.82) is 0 Å². The van der Waals surface area contributed by atoms with Gasteiger partial charge in [-0.25, -0.2) is 4.79 Å². The molecule has 0 bridgehead atoms. The fourth-order valence-corrected chi connectivity index (χ4v) is 1.18. The number of carboxylic acids is 1. The SMILES string of the molecule is CC(C(=O)O)N(C)c1ccnc(C(F)(F)F)c1. The summed E-state index contributed by atoms with van der Waals surface area (Å²) < 4.78 is 37.2. The van der Waals surface area contributed by atoms with E-state index in [0.29, 0.717) is 0 Å². The van der Waals surface area contributed by atoms with Gasteiger partial charge in [-0.1, -0.05) is 0 Å². The van der Waals surface area contributed by atoms with Crippen LogP contribution in [0.1, 0.15) is 12.6 Å². The number of anilines is 1. The van der Waals surface area contributed by atoms with Gasteiger partial charge in [0.1, 0.15) is 11.7 Å². The monoisotopic (exact) mass is 248 g/mol. The first-order chi connectivity index (χ1) is 7.73. The number of rotatable bonds is 3. The molecule has 7 heteroatoms. The van der Waals surface area contributed by atoms with Gasteiger partial charge in [-0.3, -0.25) is 4.98 Å². The van der Waals surface area contributed by atoms with Crippen LogP contribution in [0.3, 0.4) is 0 Å². The Morgan fingerprint density at radius 2 is 2.12 bits per heavy atom. The molecular weight excluding hydrogens is 237 g/mol. The fourth-order valence-electron chi connectivity index (χ4n) is 1.18. The lowest BCUT2D eigenvalue weighted by molar-refractivity contribution is -0.141. The molecular formula is C10H11F3N2O2. The molecule has 0 aliphatic carbocycles. The van der Waals surface area contributed by atoms with Gasteiger partial charge in [0.2, 0.25) is 0 Å². The van der Waals surface area contributed by atoms with E-state index in [4.69, 9.17) is 5.11 Å². The predicted octanol–water partition coefficient (Wildman–Crippen LogP) is 2.01. The molecule has 1 N–H and O–H groups in total. The van der Waals surface area contributed by atoms with E-state index < -0.39 is 23.9 Å². The first-order valence-corrected chi connectivity index (χ1v) is 4.72. The van der Waals surface area contributed by atoms with E-state index >= 15 is 0 Å². The van der Waals surface area contributed by atoms with E-state index in [1.54, 1.807) is 0 Å². The van der Waals surface area contributed by atoms with Crippen molar-refractivity contribution in [2.45, 2.75) is 19.1 Å². The topological polar surface area (TPSA) is 53.4 Å². The van der Waals surface area contributed by atoms with Gasteiger partial charge in [0.25, 0.3) is 0 Å². The van der Waals surface area contributed by atoms with Crippen LogP contribution in [0.2, 0.25) is 0 Å². The zero-order valence-corrected chi connectivity index (χ0v) is 9.19. The number of hydrogen-bond donors (Lipinski definition) is 1. The maximum Gasteiger partial charge on any atom is 0.433 e. The standard InChI is InChI=1S/C10H11F3N2O2/c1-6(9(16)17)15(2)7-3-4-14-8(5-7)10(11,12)13/h3-6H,1-2H3,(H,16,17). The van der Waals surface area contributed by atoms with Gasteiger partial charge in [-0.05, 0) is 19.1 Å². The van der Waals surface area contributed by atoms with Crippen molar-refractivity contribution in [3.63, 3.8) is 0 Å². The van der Waals surface area contributed by atoms with E-state index in [1.165, 1.54) is 24.9 Å². The highest BCUT2D eigenvalue weighted by atomic mass is 19.4. The first kappa shape index (κ1) is 13.3. The molecule has 0 saturated carbocycles. The molecule has 0 aromatic carbocycles. The molecule has 0 aliphatic heterocycles. The smallest absolute Gasteiger partial charge is 0.433 e. The molecule has 17 heavy (non-hydrogen) atoms. The zero-order chi connectivity index (χ0) is 13.2. The quantitative estimate of drug-likeness (QED) is 0.889. The number of carboxylic acid groups (broad SMARTS) is 1. The number of pyridine rings is 1. The van der Waals surface area contributed by atoms with E-state index in [-0.39, 0.29) is 5.69 Å². The summed E-state index contributed by atoms with van der Waals surface area (Å²) in [5.74, 6) is -1.11. The van der Waals surface area contributed by atoms with Gasteiger partial charge in [0.05, 0.1) is 0 Å². The molecule has 1 aromatic rings. The second kappa shape index (κ2) is 4.60. The fraction of sp³-hybridized carbons (Fsp3) is 0.400. The third kappa shape index (κ3) is 3.08. The summed E-state index contributed by atoms with van der Waals surface area (Å²) in [6, 6.07) is 1.23. The number of halogens is 3. The molecule has 1 unspecified atom stereocenters. The van der Waals surface area contributed by atoms with Crippen LogP contribution < -0.4 is 4.90 Å². The molecule has 0 aliphatic rings. The number of likely N-dealkylation sites (N-methyl/N-ethyl adjacent to an activating group) is 1. The average molecular weight is 248 g/mol. The number of alkyl halides is 3. The van der Waals surface area contributed by atoms with Crippen molar-refractivity contribution in [2.75, 3.05) is 11.9 Å². The van der Waals surface area contributed by atoms with E-state index in [1.807, 2.05) is 0 Å². The lowest BCUT2D eigenvalue weighted by Gasteiger charge is -2.24. The Balaban J connectivity index is 3.04. The highest BCUT2D eigenvalue weighted by molar-refractivity contribution is 5.77. The number of hydrogen-bond acceptors (Lipinski definition) is 3. The molecule has 0 amide bonds. The molecule has 1 rings (SSSR count). The second-order valence-electron chi connectivity index (χ2n) is 3.52. The molecule has 94 valence electrons. The maximum atomic E-state index is 12.4. The van der Waals surface area contributed by atoms with E-state index in [0.717, 1.165) is 12.3 Å². The second-order valence-corrected chi connectivity index (χ2v) is 3.52. The summed E-state index contributed by atoms with van der Waals surface area (Å²) in [4.78, 5) is 15.1. The van der Waals surface area contributed by atoms with Crippen LogP contribution in [0.15, 0.2) is 18.3 Å². The average Bonchev–Trinajstić information content (AvgIpc) is 2.26. The van der Waals surface area contributed by atoms with E-state index in [2.05, 4.69) is 4.98 Å². The van der Waals surface area contributed by atoms with Crippen LogP contribution in [-0.2, 0) is 11.0 Å². The molecule has 0 radical (unpaired) electrons. The molecule has 4 nitrogen and oxygen atoms in total. The number of nitrogens with zero attached hydrogens (tertiary/aromatic N) is 2. The highest BCUT2D eigenvalue weighted by Crippen LogP contribution is 2.29. The number of aliphatic carboxylic acids is 1. The Morgan fingerprint density at radius 3 is 2.59 bits per heavy atom. The van der Waals surface area contributed by atoms with Gasteiger partial charge in [-0.15, -0.1) is 0 Å². The summed E-state index contributed by atoms with van der Waals surface area (Å²) in [5, 5.41) is 8.76. The Labute approximate surface area is 95.7 Å². The van der Waals surface area contributed by atoms with Crippen molar-refractivity contribution in [1.82, 2.24) is 4.98 Å². The third-order valence-electron chi connectivity index (χ3n) is 2.38. The summed E-state index contributed by atoms with van der Waals surface area (Å²) in [6.07, 6.45) is -3.54. The zero-order valence-electron chi connectivity index (χ0n) is 9.19. The molecule has 0 fully saturated rings. The van der Waals surface area contributed by atoms with Gasteiger partial charge in [-0.2, -0.15) is 13.2 Å². The molecule has 0 spiro atoms. The van der Waals surface area contributed by atoms with Crippen LogP contribution in [0.4, 0.5) is 18.9 Å². The van der Waals surface area contributed by atoms with Gasteiger partial charge < -0.3 is 10.0 Å². The van der Waals surface area contributed by atoms with Crippen molar-refractivity contribution in [2.24, 2.45) is 0 Å². The van der Waals surface area contributed by atoms with Crippen LogP contribution in [-0.4, -0.2) is 29.1 Å². The minimum atomic E-state index is -4.54. The largest absolute Gasteiger partial charge is 0.480 e. The minimum absolute atomic E-state index is 0.155. The minimum Gasteiger partial charge on any atom is -0.480 e. The highest BCUT2D eigenvalue weighted by Gasteiger charge is 2.33. The Bertz CT molecular complexity index is 420.